The van der Waals surface area contributed by atoms with E-state index in [1.165, 1.54) is 12.3 Å². The largest absolute Gasteiger partial charge is 0.417 e. The third-order valence-corrected chi connectivity index (χ3v) is 3.23. The van der Waals surface area contributed by atoms with Crippen LogP contribution in [0.25, 0.3) is 22.0 Å². The average Bonchev–Trinajstić information content (AvgIpc) is 2.47. The molecule has 0 saturated heterocycles. The average molecular weight is 308 g/mol. The van der Waals surface area contributed by atoms with Gasteiger partial charge in [0.15, 0.2) is 0 Å². The van der Waals surface area contributed by atoms with Gasteiger partial charge in [-0.2, -0.15) is 13.2 Å². The second-order valence-electron chi connectivity index (χ2n) is 4.66. The molecule has 0 bridgehead atoms. The monoisotopic (exact) mass is 308 g/mol. The van der Waals surface area contributed by atoms with Crippen LogP contribution in [0.4, 0.5) is 17.6 Å². The Labute approximate surface area is 121 Å². The highest BCUT2D eigenvalue weighted by atomic mass is 19.4. The minimum Gasteiger partial charge on any atom is -0.329 e. The molecule has 2 aromatic heterocycles. The van der Waals surface area contributed by atoms with Crippen molar-refractivity contribution in [2.45, 2.75) is 6.18 Å². The zero-order valence-electron chi connectivity index (χ0n) is 10.9. The van der Waals surface area contributed by atoms with Gasteiger partial charge in [-0.25, -0.2) is 4.39 Å². The molecule has 3 aromatic rings. The SMILES string of the molecule is O=c1[nH]ccc2cc(-c3ccc(C(F)(F)F)cn3)c(F)cc12. The number of alkyl halides is 3. The quantitative estimate of drug-likeness (QED) is 0.696. The normalized spacial score (nSPS) is 11.8. The lowest BCUT2D eigenvalue weighted by molar-refractivity contribution is -0.137. The van der Waals surface area contributed by atoms with Crippen LogP contribution >= 0.6 is 0 Å². The first-order valence-corrected chi connectivity index (χ1v) is 6.21. The molecule has 0 aliphatic rings. The zero-order valence-corrected chi connectivity index (χ0v) is 10.9. The molecular formula is C15H8F4N2O. The first-order valence-electron chi connectivity index (χ1n) is 6.21. The molecule has 22 heavy (non-hydrogen) atoms. The van der Waals surface area contributed by atoms with Gasteiger partial charge in [0.05, 0.1) is 11.3 Å². The van der Waals surface area contributed by atoms with Crippen molar-refractivity contribution in [3.8, 4) is 11.3 Å². The lowest BCUT2D eigenvalue weighted by Crippen LogP contribution is -2.06. The van der Waals surface area contributed by atoms with Crippen LogP contribution in [0.15, 0.2) is 47.5 Å². The number of H-pyrrole nitrogens is 1. The lowest BCUT2D eigenvalue weighted by atomic mass is 10.0. The van der Waals surface area contributed by atoms with Crippen molar-refractivity contribution in [3.05, 3.63) is 64.5 Å². The summed E-state index contributed by atoms with van der Waals surface area (Å²) in [7, 11) is 0. The molecule has 0 aliphatic heterocycles. The molecule has 1 aromatic carbocycles. The van der Waals surface area contributed by atoms with Gasteiger partial charge in [-0.15, -0.1) is 0 Å². The Morgan fingerprint density at radius 1 is 1.09 bits per heavy atom. The predicted octanol–water partition coefficient (Wildman–Crippen LogP) is 3.75. The van der Waals surface area contributed by atoms with Crippen molar-refractivity contribution >= 4 is 10.8 Å². The summed E-state index contributed by atoms with van der Waals surface area (Å²) in [6.45, 7) is 0. The molecule has 3 nitrogen and oxygen atoms in total. The van der Waals surface area contributed by atoms with Gasteiger partial charge in [0, 0.05) is 23.3 Å². The number of hydrogen-bond donors (Lipinski definition) is 1. The molecule has 0 saturated carbocycles. The van der Waals surface area contributed by atoms with Crippen LogP contribution in [0, 0.1) is 5.82 Å². The minimum absolute atomic E-state index is 0.0341. The summed E-state index contributed by atoms with van der Waals surface area (Å²) >= 11 is 0. The Bertz CT molecular complexity index is 898. The molecular weight excluding hydrogens is 300 g/mol. The fourth-order valence-corrected chi connectivity index (χ4v) is 2.13. The highest BCUT2D eigenvalue weighted by Crippen LogP contribution is 2.31. The second kappa shape index (κ2) is 4.94. The van der Waals surface area contributed by atoms with Crippen molar-refractivity contribution in [1.29, 1.82) is 0 Å². The maximum Gasteiger partial charge on any atom is 0.417 e. The van der Waals surface area contributed by atoms with Crippen LogP contribution in [0.1, 0.15) is 5.56 Å². The molecule has 0 unspecified atom stereocenters. The number of nitrogens with one attached hydrogen (secondary N) is 1. The number of halogens is 4. The highest BCUT2D eigenvalue weighted by molar-refractivity contribution is 5.86. The molecule has 0 spiro atoms. The van der Waals surface area contributed by atoms with Crippen molar-refractivity contribution in [3.63, 3.8) is 0 Å². The minimum atomic E-state index is -4.50. The Morgan fingerprint density at radius 3 is 2.50 bits per heavy atom. The van der Waals surface area contributed by atoms with E-state index in [1.807, 2.05) is 0 Å². The number of benzene rings is 1. The summed E-state index contributed by atoms with van der Waals surface area (Å²) in [5.41, 5.74) is -1.25. The van der Waals surface area contributed by atoms with Gasteiger partial charge < -0.3 is 4.98 Å². The second-order valence-corrected chi connectivity index (χ2v) is 4.66. The maximum atomic E-state index is 14.1. The summed E-state index contributed by atoms with van der Waals surface area (Å²) in [5, 5.41) is 0.637. The van der Waals surface area contributed by atoms with Crippen LogP contribution in [0.3, 0.4) is 0 Å². The summed E-state index contributed by atoms with van der Waals surface area (Å²) in [6.07, 6.45) is -2.44. The molecule has 2 heterocycles. The molecule has 112 valence electrons. The highest BCUT2D eigenvalue weighted by Gasteiger charge is 2.30. The number of hydrogen-bond acceptors (Lipinski definition) is 2. The topological polar surface area (TPSA) is 45.8 Å². The van der Waals surface area contributed by atoms with Gasteiger partial charge >= 0.3 is 6.18 Å². The third-order valence-electron chi connectivity index (χ3n) is 3.23. The Balaban J connectivity index is 2.14. The fourth-order valence-electron chi connectivity index (χ4n) is 2.13. The number of pyridine rings is 2. The number of fused-ring (bicyclic) bond motifs is 1. The molecule has 0 amide bonds. The van der Waals surface area contributed by atoms with Crippen LogP contribution < -0.4 is 5.56 Å². The summed E-state index contributed by atoms with van der Waals surface area (Å²) in [5.74, 6) is -0.726. The van der Waals surface area contributed by atoms with Crippen molar-refractivity contribution < 1.29 is 17.6 Å². The van der Waals surface area contributed by atoms with Crippen molar-refractivity contribution in [2.75, 3.05) is 0 Å². The van der Waals surface area contributed by atoms with Crippen LogP contribution in [-0.2, 0) is 6.18 Å². The molecule has 0 radical (unpaired) electrons. The standard InChI is InChI=1S/C15H8F4N2O/c16-12-6-10-8(3-4-20-14(10)22)5-11(12)13-2-1-9(7-21-13)15(17,18)19/h1-7H,(H,20,22). The molecule has 7 heteroatoms. The van der Waals surface area contributed by atoms with E-state index in [0.29, 0.717) is 11.6 Å². The first kappa shape index (κ1) is 14.2. The van der Waals surface area contributed by atoms with E-state index in [1.54, 1.807) is 6.07 Å². The number of aromatic nitrogens is 2. The van der Waals surface area contributed by atoms with Gasteiger partial charge in [-0.3, -0.25) is 9.78 Å². The first-order chi connectivity index (χ1) is 10.4. The van der Waals surface area contributed by atoms with E-state index in [4.69, 9.17) is 0 Å². The molecule has 0 fully saturated rings. The van der Waals surface area contributed by atoms with E-state index in [0.717, 1.165) is 18.2 Å². The zero-order chi connectivity index (χ0) is 15.9. The van der Waals surface area contributed by atoms with Gasteiger partial charge in [0.25, 0.3) is 5.56 Å². The smallest absolute Gasteiger partial charge is 0.329 e. The van der Waals surface area contributed by atoms with E-state index < -0.39 is 23.1 Å². The predicted molar refractivity (Wildman–Crippen MR) is 72.8 cm³/mol. The number of rotatable bonds is 1. The van der Waals surface area contributed by atoms with Crippen molar-refractivity contribution in [1.82, 2.24) is 9.97 Å². The summed E-state index contributed by atoms with van der Waals surface area (Å²) in [6, 6.07) is 5.94. The third kappa shape index (κ3) is 2.45. The number of aromatic amines is 1. The Hall–Kier alpha value is -2.70. The van der Waals surface area contributed by atoms with Crippen LogP contribution in [0.5, 0.6) is 0 Å². The summed E-state index contributed by atoms with van der Waals surface area (Å²) < 4.78 is 51.6. The number of nitrogens with zero attached hydrogens (tertiary/aromatic N) is 1. The maximum absolute atomic E-state index is 14.1. The van der Waals surface area contributed by atoms with E-state index in [2.05, 4.69) is 9.97 Å². The van der Waals surface area contributed by atoms with Gasteiger partial charge in [-0.1, -0.05) is 0 Å². The lowest BCUT2D eigenvalue weighted by Gasteiger charge is -2.08. The van der Waals surface area contributed by atoms with E-state index in [-0.39, 0.29) is 16.6 Å². The van der Waals surface area contributed by atoms with E-state index in [9.17, 15) is 22.4 Å². The Morgan fingerprint density at radius 2 is 1.86 bits per heavy atom. The molecule has 0 atom stereocenters. The van der Waals surface area contributed by atoms with Gasteiger partial charge in [0.1, 0.15) is 5.82 Å². The van der Waals surface area contributed by atoms with Crippen LogP contribution in [-0.4, -0.2) is 9.97 Å². The molecule has 3 rings (SSSR count). The molecule has 0 aliphatic carbocycles. The summed E-state index contributed by atoms with van der Waals surface area (Å²) in [4.78, 5) is 17.7. The van der Waals surface area contributed by atoms with Gasteiger partial charge in [0.2, 0.25) is 0 Å². The van der Waals surface area contributed by atoms with Gasteiger partial charge in [-0.05, 0) is 35.7 Å². The fraction of sp³-hybridized carbons (Fsp3) is 0.0667. The molecule has 1 N–H and O–H groups in total. The van der Waals surface area contributed by atoms with Crippen molar-refractivity contribution in [2.24, 2.45) is 0 Å². The van der Waals surface area contributed by atoms with E-state index >= 15 is 0 Å². The Kier molecular flexibility index (Phi) is 3.20. The van der Waals surface area contributed by atoms with Crippen LogP contribution in [0.2, 0.25) is 0 Å².